The number of hydrogen-bond acceptors (Lipinski definition) is 3. The highest BCUT2D eigenvalue weighted by Crippen LogP contribution is 2.32. The quantitative estimate of drug-likeness (QED) is 0.740. The van der Waals surface area contributed by atoms with E-state index in [4.69, 9.17) is 0 Å². The highest BCUT2D eigenvalue weighted by atomic mass is 15.0. The van der Waals surface area contributed by atoms with E-state index in [-0.39, 0.29) is 0 Å². The molecule has 3 nitrogen and oxygen atoms in total. The third kappa shape index (κ3) is 4.62. The Kier molecular flexibility index (Phi) is 5.85. The van der Waals surface area contributed by atoms with Crippen LogP contribution in [0, 0.1) is 11.8 Å². The van der Waals surface area contributed by atoms with E-state index < -0.39 is 0 Å². The van der Waals surface area contributed by atoms with Crippen molar-refractivity contribution in [3.63, 3.8) is 0 Å². The molecular weight excluding hydrogens is 258 g/mol. The number of nitrogens with zero attached hydrogens (tertiary/aromatic N) is 1. The molecule has 0 unspecified atom stereocenters. The van der Waals surface area contributed by atoms with Crippen LogP contribution >= 0.6 is 0 Å². The molecule has 3 heteroatoms. The predicted octanol–water partition coefficient (Wildman–Crippen LogP) is 4.11. The molecule has 2 N–H and O–H groups in total. The second-order valence-electron chi connectivity index (χ2n) is 5.81. The summed E-state index contributed by atoms with van der Waals surface area (Å²) in [5.41, 5.74) is 2.37. The van der Waals surface area contributed by atoms with Crippen LogP contribution in [0.25, 0.3) is 0 Å². The van der Waals surface area contributed by atoms with Gasteiger partial charge in [0.15, 0.2) is 0 Å². The van der Waals surface area contributed by atoms with E-state index in [1.807, 2.05) is 12.3 Å². The smallest absolute Gasteiger partial charge is 0.125 e. The van der Waals surface area contributed by atoms with E-state index in [2.05, 4.69) is 47.8 Å². The van der Waals surface area contributed by atoms with E-state index in [9.17, 15) is 0 Å². The van der Waals surface area contributed by atoms with Crippen molar-refractivity contribution in [1.82, 2.24) is 10.3 Å². The van der Waals surface area contributed by atoms with Crippen LogP contribution in [-0.4, -0.2) is 11.5 Å². The lowest BCUT2D eigenvalue weighted by Crippen LogP contribution is -2.23. The molecule has 0 amide bonds. The van der Waals surface area contributed by atoms with E-state index in [0.29, 0.717) is 11.8 Å². The molecular formula is C18H27N3. The zero-order valence-corrected chi connectivity index (χ0v) is 13.1. The summed E-state index contributed by atoms with van der Waals surface area (Å²) in [4.78, 5) is 4.39. The first kappa shape index (κ1) is 15.6. The van der Waals surface area contributed by atoms with Crippen LogP contribution in [0.4, 0.5) is 5.82 Å². The summed E-state index contributed by atoms with van der Waals surface area (Å²) in [7, 11) is 0. The van der Waals surface area contributed by atoms with E-state index in [1.54, 1.807) is 0 Å². The van der Waals surface area contributed by atoms with Crippen molar-refractivity contribution in [3.8, 4) is 0 Å². The van der Waals surface area contributed by atoms with Gasteiger partial charge in [0.25, 0.3) is 0 Å². The summed E-state index contributed by atoms with van der Waals surface area (Å²) in [6.07, 6.45) is 8.96. The molecule has 1 aliphatic rings. The number of pyridine rings is 1. The monoisotopic (exact) mass is 285 g/mol. The summed E-state index contributed by atoms with van der Waals surface area (Å²) in [5, 5.41) is 6.68. The largest absolute Gasteiger partial charge is 0.384 e. The molecule has 21 heavy (non-hydrogen) atoms. The first-order valence-corrected chi connectivity index (χ1v) is 7.97. The summed E-state index contributed by atoms with van der Waals surface area (Å²) in [5.74, 6) is 2.25. The van der Waals surface area contributed by atoms with Crippen LogP contribution in [0.3, 0.4) is 0 Å². The maximum atomic E-state index is 4.39. The summed E-state index contributed by atoms with van der Waals surface area (Å²) >= 11 is 0. The van der Waals surface area contributed by atoms with Crippen molar-refractivity contribution in [2.45, 2.75) is 39.2 Å². The number of rotatable bonds is 7. The fourth-order valence-electron chi connectivity index (χ4n) is 2.88. The second kappa shape index (κ2) is 7.87. The number of hydrogen-bond donors (Lipinski definition) is 2. The number of aromatic nitrogens is 1. The first-order valence-electron chi connectivity index (χ1n) is 7.97. The van der Waals surface area contributed by atoms with E-state index in [1.165, 1.54) is 36.9 Å². The van der Waals surface area contributed by atoms with Gasteiger partial charge < -0.3 is 10.6 Å². The van der Waals surface area contributed by atoms with Crippen molar-refractivity contribution in [3.05, 3.63) is 48.8 Å². The Morgan fingerprint density at radius 2 is 2.10 bits per heavy atom. The van der Waals surface area contributed by atoms with Crippen molar-refractivity contribution in [1.29, 1.82) is 0 Å². The third-order valence-corrected chi connectivity index (χ3v) is 4.30. The standard InChI is InChI=1S/C18H27N3/c1-4-15-6-9-17(10-7-15)14(3)20-12-16-8-11-18(19-5-2)21-13-16/h4,8,11,13,15,17,20H,1,3,5-7,9-10,12H2,2H3,(H,19,21). The van der Waals surface area contributed by atoms with E-state index >= 15 is 0 Å². The van der Waals surface area contributed by atoms with Gasteiger partial charge in [0, 0.05) is 25.0 Å². The Balaban J connectivity index is 1.77. The second-order valence-corrected chi connectivity index (χ2v) is 5.81. The molecule has 1 aromatic heterocycles. The van der Waals surface area contributed by atoms with E-state index in [0.717, 1.165) is 18.9 Å². The summed E-state index contributed by atoms with van der Waals surface area (Å²) < 4.78 is 0. The minimum Gasteiger partial charge on any atom is -0.384 e. The van der Waals surface area contributed by atoms with Gasteiger partial charge in [0.2, 0.25) is 0 Å². The molecule has 0 bridgehead atoms. The highest BCUT2D eigenvalue weighted by molar-refractivity contribution is 5.35. The molecule has 0 radical (unpaired) electrons. The maximum Gasteiger partial charge on any atom is 0.125 e. The lowest BCUT2D eigenvalue weighted by Gasteiger charge is -2.28. The zero-order chi connectivity index (χ0) is 15.1. The minimum atomic E-state index is 0.607. The Bertz CT molecular complexity index is 456. The van der Waals surface area contributed by atoms with Crippen LogP contribution < -0.4 is 10.6 Å². The predicted molar refractivity (Wildman–Crippen MR) is 90.0 cm³/mol. The van der Waals surface area contributed by atoms with Gasteiger partial charge in [0.1, 0.15) is 5.82 Å². The van der Waals surface area contributed by atoms with Gasteiger partial charge in [-0.15, -0.1) is 6.58 Å². The lowest BCUT2D eigenvalue weighted by atomic mass is 9.81. The molecule has 0 atom stereocenters. The average Bonchev–Trinajstić information content (AvgIpc) is 2.54. The maximum absolute atomic E-state index is 4.39. The molecule has 0 spiro atoms. The number of nitrogens with one attached hydrogen (secondary N) is 2. The Hall–Kier alpha value is -1.77. The molecule has 114 valence electrons. The Morgan fingerprint density at radius 1 is 1.33 bits per heavy atom. The fourth-order valence-corrected chi connectivity index (χ4v) is 2.88. The average molecular weight is 285 g/mol. The highest BCUT2D eigenvalue weighted by Gasteiger charge is 2.21. The van der Waals surface area contributed by atoms with Crippen molar-refractivity contribution >= 4 is 5.82 Å². The van der Waals surface area contributed by atoms with Gasteiger partial charge in [-0.05, 0) is 56.1 Å². The van der Waals surface area contributed by atoms with Crippen LogP contribution in [0.15, 0.2) is 43.3 Å². The summed E-state index contributed by atoms with van der Waals surface area (Å²) in [6, 6.07) is 4.14. The van der Waals surface area contributed by atoms with Gasteiger partial charge >= 0.3 is 0 Å². The normalized spacial score (nSPS) is 21.6. The zero-order valence-electron chi connectivity index (χ0n) is 13.1. The minimum absolute atomic E-state index is 0.607. The van der Waals surface area contributed by atoms with Gasteiger partial charge in [-0.2, -0.15) is 0 Å². The molecule has 1 aromatic rings. The van der Waals surface area contributed by atoms with Crippen LogP contribution in [0.5, 0.6) is 0 Å². The molecule has 1 aliphatic carbocycles. The molecule has 1 fully saturated rings. The van der Waals surface area contributed by atoms with Gasteiger partial charge in [0.05, 0.1) is 0 Å². The van der Waals surface area contributed by atoms with Gasteiger partial charge in [-0.3, -0.25) is 0 Å². The molecule has 1 saturated carbocycles. The Morgan fingerprint density at radius 3 is 2.67 bits per heavy atom. The number of allylic oxidation sites excluding steroid dienone is 2. The lowest BCUT2D eigenvalue weighted by molar-refractivity contribution is 0.334. The topological polar surface area (TPSA) is 37.0 Å². The first-order chi connectivity index (χ1) is 10.2. The fraction of sp³-hybridized carbons (Fsp3) is 0.500. The molecule has 0 aliphatic heterocycles. The van der Waals surface area contributed by atoms with Crippen molar-refractivity contribution < 1.29 is 0 Å². The van der Waals surface area contributed by atoms with Crippen molar-refractivity contribution in [2.75, 3.05) is 11.9 Å². The van der Waals surface area contributed by atoms with Crippen LogP contribution in [-0.2, 0) is 6.54 Å². The van der Waals surface area contributed by atoms with Gasteiger partial charge in [-0.1, -0.05) is 18.7 Å². The molecule has 2 rings (SSSR count). The third-order valence-electron chi connectivity index (χ3n) is 4.30. The molecule has 0 saturated heterocycles. The van der Waals surface area contributed by atoms with Crippen LogP contribution in [0.2, 0.25) is 0 Å². The molecule has 0 aromatic carbocycles. The Labute approximate surface area is 128 Å². The van der Waals surface area contributed by atoms with Crippen molar-refractivity contribution in [2.24, 2.45) is 11.8 Å². The molecule has 1 heterocycles. The SMILES string of the molecule is C=CC1CCC(C(=C)NCc2ccc(NCC)nc2)CC1. The summed E-state index contributed by atoms with van der Waals surface area (Å²) in [6.45, 7) is 11.9. The van der Waals surface area contributed by atoms with Crippen LogP contribution in [0.1, 0.15) is 38.2 Å². The van der Waals surface area contributed by atoms with Gasteiger partial charge in [-0.25, -0.2) is 4.98 Å². The number of anilines is 1.